The second-order valence-electron chi connectivity index (χ2n) is 8.03. The van der Waals surface area contributed by atoms with E-state index in [0.29, 0.717) is 5.69 Å². The number of methoxy groups -OCH3 is 1. The fourth-order valence-corrected chi connectivity index (χ4v) is 5.84. The molecule has 0 N–H and O–H groups in total. The summed E-state index contributed by atoms with van der Waals surface area (Å²) in [5.41, 5.74) is 1.81. The number of ether oxygens (including phenoxy) is 1. The molecule has 0 spiro atoms. The highest BCUT2D eigenvalue weighted by Crippen LogP contribution is 2.30. The van der Waals surface area contributed by atoms with Gasteiger partial charge in [-0.1, -0.05) is 29.8 Å². The SMILES string of the molecule is COc1ccc(Cl)cc1S(=O)(=O)N1CCN(C(=O)C2=NN(c3ccccc3C)C(=O)CC2)CC1. The molecule has 180 valence electrons. The Morgan fingerprint density at radius 3 is 2.44 bits per heavy atom. The van der Waals surface area contributed by atoms with Crippen molar-refractivity contribution < 1.29 is 22.7 Å². The summed E-state index contributed by atoms with van der Waals surface area (Å²) in [7, 11) is -2.46. The lowest BCUT2D eigenvalue weighted by molar-refractivity contribution is -0.125. The van der Waals surface area contributed by atoms with Crippen LogP contribution in [0.4, 0.5) is 5.69 Å². The molecule has 0 bridgehead atoms. The highest BCUT2D eigenvalue weighted by atomic mass is 35.5. The first-order valence-corrected chi connectivity index (χ1v) is 12.6. The molecule has 2 aromatic carbocycles. The Hall–Kier alpha value is -2.95. The van der Waals surface area contributed by atoms with E-state index in [1.54, 1.807) is 17.0 Å². The predicted molar refractivity (Wildman–Crippen MR) is 129 cm³/mol. The molecule has 4 rings (SSSR count). The number of hydrogen-bond acceptors (Lipinski definition) is 6. The maximum Gasteiger partial charge on any atom is 0.270 e. The van der Waals surface area contributed by atoms with Gasteiger partial charge in [0.25, 0.3) is 5.91 Å². The lowest BCUT2D eigenvalue weighted by atomic mass is 10.1. The molecule has 0 atom stereocenters. The number of sulfonamides is 1. The molecule has 9 nitrogen and oxygen atoms in total. The quantitative estimate of drug-likeness (QED) is 0.623. The number of rotatable bonds is 5. The Bertz CT molecular complexity index is 1260. The molecule has 2 aliphatic rings. The summed E-state index contributed by atoms with van der Waals surface area (Å²) < 4.78 is 32.9. The zero-order chi connectivity index (χ0) is 24.5. The van der Waals surface area contributed by atoms with Crippen molar-refractivity contribution >= 4 is 44.8 Å². The number of piperazine rings is 1. The Labute approximate surface area is 203 Å². The number of carbonyl (C=O) groups is 2. The van der Waals surface area contributed by atoms with Crippen molar-refractivity contribution in [1.82, 2.24) is 9.21 Å². The van der Waals surface area contributed by atoms with E-state index in [-0.39, 0.29) is 72.2 Å². The van der Waals surface area contributed by atoms with Gasteiger partial charge in [0.15, 0.2) is 0 Å². The lowest BCUT2D eigenvalue weighted by Crippen LogP contribution is -2.52. The third-order valence-electron chi connectivity index (χ3n) is 5.89. The number of aryl methyl sites for hydroxylation is 1. The summed E-state index contributed by atoms with van der Waals surface area (Å²) in [5.74, 6) is -0.249. The molecule has 1 saturated heterocycles. The summed E-state index contributed by atoms with van der Waals surface area (Å²) in [6.07, 6.45) is 0.431. The van der Waals surface area contributed by atoms with Crippen LogP contribution >= 0.6 is 11.6 Å². The van der Waals surface area contributed by atoms with Gasteiger partial charge in [0, 0.05) is 44.0 Å². The number of amides is 2. The molecule has 0 aromatic heterocycles. The van der Waals surface area contributed by atoms with Crippen molar-refractivity contribution in [2.75, 3.05) is 38.3 Å². The molecule has 0 saturated carbocycles. The van der Waals surface area contributed by atoms with E-state index >= 15 is 0 Å². The van der Waals surface area contributed by atoms with Crippen molar-refractivity contribution in [2.45, 2.75) is 24.7 Å². The van der Waals surface area contributed by atoms with Crippen LogP contribution in [0.1, 0.15) is 18.4 Å². The van der Waals surface area contributed by atoms with Gasteiger partial charge in [-0.05, 0) is 36.8 Å². The molecule has 2 heterocycles. The van der Waals surface area contributed by atoms with E-state index in [9.17, 15) is 18.0 Å². The molecular formula is C23H25ClN4O5S. The van der Waals surface area contributed by atoms with Crippen molar-refractivity contribution in [1.29, 1.82) is 0 Å². The van der Waals surface area contributed by atoms with E-state index in [4.69, 9.17) is 16.3 Å². The zero-order valence-electron chi connectivity index (χ0n) is 18.9. The zero-order valence-corrected chi connectivity index (χ0v) is 20.5. The smallest absolute Gasteiger partial charge is 0.270 e. The average Bonchev–Trinajstić information content (AvgIpc) is 2.84. The first-order chi connectivity index (χ1) is 16.2. The number of nitrogens with zero attached hydrogens (tertiary/aromatic N) is 4. The second kappa shape index (κ2) is 9.73. The minimum Gasteiger partial charge on any atom is -0.495 e. The van der Waals surface area contributed by atoms with Crippen LogP contribution < -0.4 is 9.75 Å². The van der Waals surface area contributed by atoms with Crippen LogP contribution in [0.5, 0.6) is 5.75 Å². The first kappa shape index (κ1) is 24.2. The third-order valence-corrected chi connectivity index (χ3v) is 8.05. The molecule has 11 heteroatoms. The monoisotopic (exact) mass is 504 g/mol. The second-order valence-corrected chi connectivity index (χ2v) is 10.4. The van der Waals surface area contributed by atoms with Crippen molar-refractivity contribution in [3.05, 3.63) is 53.1 Å². The van der Waals surface area contributed by atoms with E-state index in [0.717, 1.165) is 5.56 Å². The van der Waals surface area contributed by atoms with E-state index in [1.807, 2.05) is 25.1 Å². The number of hydrogen-bond donors (Lipinski definition) is 0. The fraction of sp³-hybridized carbons (Fsp3) is 0.348. The number of para-hydroxylation sites is 1. The van der Waals surface area contributed by atoms with Crippen LogP contribution in [0, 0.1) is 6.92 Å². The Morgan fingerprint density at radius 2 is 1.76 bits per heavy atom. The fourth-order valence-electron chi connectivity index (χ4n) is 4.00. The highest BCUT2D eigenvalue weighted by Gasteiger charge is 2.35. The normalized spacial score (nSPS) is 17.5. The van der Waals surface area contributed by atoms with Crippen LogP contribution in [0.25, 0.3) is 0 Å². The van der Waals surface area contributed by atoms with Gasteiger partial charge in [0.1, 0.15) is 16.4 Å². The number of benzene rings is 2. The maximum atomic E-state index is 13.2. The standard InChI is InChI=1S/C23H25ClN4O5S/c1-16-5-3-4-6-19(16)28-22(29)10-8-18(25-28)23(30)26-11-13-27(14-12-26)34(31,32)21-15-17(24)7-9-20(21)33-2/h3-7,9,15H,8,10-14H2,1-2H3. The van der Waals surface area contributed by atoms with E-state index < -0.39 is 10.0 Å². The molecule has 0 unspecified atom stereocenters. The van der Waals surface area contributed by atoms with Gasteiger partial charge in [-0.3, -0.25) is 9.59 Å². The van der Waals surface area contributed by atoms with Crippen LogP contribution in [0.15, 0.2) is 52.5 Å². The van der Waals surface area contributed by atoms with Crippen molar-refractivity contribution in [3.63, 3.8) is 0 Å². The van der Waals surface area contributed by atoms with Gasteiger partial charge >= 0.3 is 0 Å². The summed E-state index contributed by atoms with van der Waals surface area (Å²) in [5, 5.41) is 5.94. The van der Waals surface area contributed by atoms with Crippen molar-refractivity contribution in [2.24, 2.45) is 5.10 Å². The number of anilines is 1. The molecule has 2 aliphatic heterocycles. The van der Waals surface area contributed by atoms with Gasteiger partial charge < -0.3 is 9.64 Å². The Morgan fingerprint density at radius 1 is 1.06 bits per heavy atom. The number of hydrazone groups is 1. The number of carbonyl (C=O) groups excluding carboxylic acids is 2. The van der Waals surface area contributed by atoms with Crippen LogP contribution in [0.3, 0.4) is 0 Å². The number of halogens is 1. The largest absolute Gasteiger partial charge is 0.495 e. The molecule has 0 aliphatic carbocycles. The third kappa shape index (κ3) is 4.66. The predicted octanol–water partition coefficient (Wildman–Crippen LogP) is 2.67. The topological polar surface area (TPSA) is 99.6 Å². The molecule has 1 fully saturated rings. The van der Waals surface area contributed by atoms with Crippen LogP contribution in [-0.4, -0.2) is 68.4 Å². The lowest BCUT2D eigenvalue weighted by Gasteiger charge is -2.35. The Kier molecular flexibility index (Phi) is 6.92. The molecule has 0 radical (unpaired) electrons. The average molecular weight is 505 g/mol. The Balaban J connectivity index is 1.49. The first-order valence-electron chi connectivity index (χ1n) is 10.8. The molecule has 2 amide bonds. The molecule has 34 heavy (non-hydrogen) atoms. The van der Waals surface area contributed by atoms with Gasteiger partial charge in [0.2, 0.25) is 15.9 Å². The van der Waals surface area contributed by atoms with Gasteiger partial charge in [-0.15, -0.1) is 0 Å². The van der Waals surface area contributed by atoms with E-state index in [2.05, 4.69) is 5.10 Å². The summed E-state index contributed by atoms with van der Waals surface area (Å²) in [4.78, 5) is 27.2. The molecular weight excluding hydrogens is 480 g/mol. The summed E-state index contributed by atoms with van der Waals surface area (Å²) >= 11 is 6.01. The molecule has 2 aromatic rings. The van der Waals surface area contributed by atoms with Gasteiger partial charge in [0.05, 0.1) is 12.8 Å². The van der Waals surface area contributed by atoms with E-state index in [1.165, 1.54) is 28.6 Å². The summed E-state index contributed by atoms with van der Waals surface area (Å²) in [6.45, 7) is 2.54. The van der Waals surface area contributed by atoms with Gasteiger partial charge in [-0.2, -0.15) is 9.41 Å². The van der Waals surface area contributed by atoms with Gasteiger partial charge in [-0.25, -0.2) is 13.4 Å². The minimum absolute atomic E-state index is 0.00804. The van der Waals surface area contributed by atoms with Crippen LogP contribution in [0.2, 0.25) is 5.02 Å². The maximum absolute atomic E-state index is 13.2. The van der Waals surface area contributed by atoms with Crippen molar-refractivity contribution in [3.8, 4) is 5.75 Å². The summed E-state index contributed by atoms with van der Waals surface area (Å²) in [6, 6.07) is 11.8. The van der Waals surface area contributed by atoms with Crippen LogP contribution in [-0.2, 0) is 19.6 Å². The minimum atomic E-state index is -3.86. The highest BCUT2D eigenvalue weighted by molar-refractivity contribution is 7.89.